The number of halogens is 3. The van der Waals surface area contributed by atoms with Crippen molar-refractivity contribution in [3.63, 3.8) is 0 Å². The SMILES string of the molecule is [CH2]/C=C/C(C)C(F)(F)F. The zero-order valence-electron chi connectivity index (χ0n) is 5.07. The highest BCUT2D eigenvalue weighted by atomic mass is 19.4. The van der Waals surface area contributed by atoms with Crippen LogP contribution < -0.4 is 0 Å². The maximum Gasteiger partial charge on any atom is 0.394 e. The predicted octanol–water partition coefficient (Wildman–Crippen LogP) is 2.58. The summed E-state index contributed by atoms with van der Waals surface area (Å²) in [7, 11) is 0. The molecular formula is C6H8F3. The minimum absolute atomic E-state index is 1.01. The molecule has 0 heterocycles. The van der Waals surface area contributed by atoms with Crippen LogP contribution in [0.5, 0.6) is 0 Å². The lowest BCUT2D eigenvalue weighted by molar-refractivity contribution is -0.156. The Balaban J connectivity index is 3.88. The Morgan fingerprint density at radius 2 is 1.89 bits per heavy atom. The fraction of sp³-hybridized carbons (Fsp3) is 0.500. The Bertz CT molecular complexity index is 101. The van der Waals surface area contributed by atoms with Gasteiger partial charge >= 0.3 is 6.18 Å². The topological polar surface area (TPSA) is 0 Å². The lowest BCUT2D eigenvalue weighted by Crippen LogP contribution is -2.17. The molecule has 0 aliphatic heterocycles. The number of alkyl halides is 3. The number of allylic oxidation sites excluding steroid dienone is 2. The van der Waals surface area contributed by atoms with Crippen LogP contribution in [-0.2, 0) is 0 Å². The molecule has 1 atom stereocenters. The van der Waals surface area contributed by atoms with Crippen molar-refractivity contribution in [2.24, 2.45) is 5.92 Å². The van der Waals surface area contributed by atoms with Crippen LogP contribution in [0.3, 0.4) is 0 Å². The van der Waals surface area contributed by atoms with Crippen molar-refractivity contribution in [2.75, 3.05) is 0 Å². The molecule has 0 aromatic carbocycles. The molecule has 0 aromatic rings. The fourth-order valence-electron chi connectivity index (χ4n) is 0.313. The molecule has 0 saturated carbocycles. The van der Waals surface area contributed by atoms with Gasteiger partial charge < -0.3 is 0 Å². The lowest BCUT2D eigenvalue weighted by atomic mass is 10.1. The molecule has 0 rings (SSSR count). The first-order valence-corrected chi connectivity index (χ1v) is 2.51. The Morgan fingerprint density at radius 1 is 1.44 bits per heavy atom. The number of hydrogen-bond acceptors (Lipinski definition) is 0. The fourth-order valence-corrected chi connectivity index (χ4v) is 0.313. The Morgan fingerprint density at radius 3 is 2.00 bits per heavy atom. The standard InChI is InChI=1S/C6H8F3/c1-3-4-5(2)6(7,8)9/h3-5H,1H2,2H3/b4-3+. The van der Waals surface area contributed by atoms with Crippen molar-refractivity contribution in [2.45, 2.75) is 13.1 Å². The molecule has 1 unspecified atom stereocenters. The van der Waals surface area contributed by atoms with Gasteiger partial charge in [0.05, 0.1) is 5.92 Å². The maximum atomic E-state index is 11.6. The smallest absolute Gasteiger partial charge is 0.170 e. The first-order chi connectivity index (χ1) is 3.98. The van der Waals surface area contributed by atoms with E-state index in [9.17, 15) is 13.2 Å². The van der Waals surface area contributed by atoms with E-state index in [1.54, 1.807) is 0 Å². The Labute approximate surface area is 52.4 Å². The van der Waals surface area contributed by atoms with E-state index in [2.05, 4.69) is 6.92 Å². The van der Waals surface area contributed by atoms with Crippen LogP contribution in [0.25, 0.3) is 0 Å². The van der Waals surface area contributed by atoms with Crippen LogP contribution in [0.15, 0.2) is 12.2 Å². The van der Waals surface area contributed by atoms with E-state index in [4.69, 9.17) is 0 Å². The molecule has 0 fully saturated rings. The summed E-state index contributed by atoms with van der Waals surface area (Å²) in [5.74, 6) is -1.38. The van der Waals surface area contributed by atoms with Gasteiger partial charge in [0.15, 0.2) is 0 Å². The number of rotatable bonds is 1. The monoisotopic (exact) mass is 137 g/mol. The molecule has 53 valence electrons. The molecule has 9 heavy (non-hydrogen) atoms. The molecule has 0 N–H and O–H groups in total. The van der Waals surface area contributed by atoms with E-state index in [1.165, 1.54) is 0 Å². The van der Waals surface area contributed by atoms with Gasteiger partial charge in [-0.1, -0.05) is 19.1 Å². The summed E-state index contributed by atoms with van der Waals surface area (Å²) in [6.45, 7) is 4.24. The third kappa shape index (κ3) is 3.16. The second-order valence-corrected chi connectivity index (χ2v) is 1.76. The summed E-state index contributed by atoms with van der Waals surface area (Å²) in [4.78, 5) is 0. The van der Waals surface area contributed by atoms with Crippen molar-refractivity contribution in [1.82, 2.24) is 0 Å². The summed E-state index contributed by atoms with van der Waals surface area (Å²) in [5, 5.41) is 0. The number of hydrogen-bond donors (Lipinski definition) is 0. The van der Waals surface area contributed by atoms with Gasteiger partial charge in [0, 0.05) is 0 Å². The van der Waals surface area contributed by atoms with E-state index < -0.39 is 12.1 Å². The van der Waals surface area contributed by atoms with Crippen molar-refractivity contribution < 1.29 is 13.2 Å². The van der Waals surface area contributed by atoms with Crippen LogP contribution in [-0.4, -0.2) is 6.18 Å². The van der Waals surface area contributed by atoms with Gasteiger partial charge in [-0.2, -0.15) is 13.2 Å². The second-order valence-electron chi connectivity index (χ2n) is 1.76. The average Bonchev–Trinajstić information content (AvgIpc) is 1.64. The average molecular weight is 137 g/mol. The summed E-state index contributed by atoms with van der Waals surface area (Å²) in [5.41, 5.74) is 0. The van der Waals surface area contributed by atoms with Crippen LogP contribution in [0.2, 0.25) is 0 Å². The van der Waals surface area contributed by atoms with Crippen LogP contribution in [0.4, 0.5) is 13.2 Å². The van der Waals surface area contributed by atoms with Crippen molar-refractivity contribution >= 4 is 0 Å². The highest BCUT2D eigenvalue weighted by Gasteiger charge is 2.33. The third-order valence-corrected chi connectivity index (χ3v) is 0.941. The Hall–Kier alpha value is -0.470. The molecule has 0 aliphatic rings. The minimum Gasteiger partial charge on any atom is -0.170 e. The zero-order chi connectivity index (χ0) is 7.49. The van der Waals surface area contributed by atoms with Crippen LogP contribution in [0, 0.1) is 12.8 Å². The molecule has 0 bridgehead atoms. The summed E-state index contributed by atoms with van der Waals surface area (Å²) >= 11 is 0. The quantitative estimate of drug-likeness (QED) is 0.521. The van der Waals surface area contributed by atoms with Crippen molar-refractivity contribution in [3.05, 3.63) is 19.1 Å². The van der Waals surface area contributed by atoms with Gasteiger partial charge in [0.2, 0.25) is 0 Å². The highest BCUT2D eigenvalue weighted by molar-refractivity contribution is 4.91. The largest absolute Gasteiger partial charge is 0.394 e. The van der Waals surface area contributed by atoms with Crippen LogP contribution >= 0.6 is 0 Å². The highest BCUT2D eigenvalue weighted by Crippen LogP contribution is 2.26. The van der Waals surface area contributed by atoms with Crippen LogP contribution in [0.1, 0.15) is 6.92 Å². The minimum atomic E-state index is -4.12. The lowest BCUT2D eigenvalue weighted by Gasteiger charge is -2.09. The molecule has 0 amide bonds. The summed E-state index contributed by atoms with van der Waals surface area (Å²) in [6.07, 6.45) is -1.95. The molecule has 0 aliphatic carbocycles. The maximum absolute atomic E-state index is 11.6. The van der Waals surface area contributed by atoms with Gasteiger partial charge in [0.1, 0.15) is 0 Å². The molecule has 3 heteroatoms. The van der Waals surface area contributed by atoms with E-state index in [-0.39, 0.29) is 0 Å². The second kappa shape index (κ2) is 2.90. The van der Waals surface area contributed by atoms with Crippen molar-refractivity contribution in [1.29, 1.82) is 0 Å². The third-order valence-electron chi connectivity index (χ3n) is 0.941. The molecule has 0 saturated heterocycles. The van der Waals surface area contributed by atoms with Gasteiger partial charge in [-0.05, 0) is 6.92 Å². The molecular weight excluding hydrogens is 129 g/mol. The first kappa shape index (κ1) is 8.53. The predicted molar refractivity (Wildman–Crippen MR) is 29.7 cm³/mol. The van der Waals surface area contributed by atoms with Gasteiger partial charge in [-0.25, -0.2) is 0 Å². The van der Waals surface area contributed by atoms with Gasteiger partial charge in [0.25, 0.3) is 0 Å². The zero-order valence-corrected chi connectivity index (χ0v) is 5.07. The van der Waals surface area contributed by atoms with E-state index >= 15 is 0 Å². The first-order valence-electron chi connectivity index (χ1n) is 2.51. The van der Waals surface area contributed by atoms with Crippen molar-refractivity contribution in [3.8, 4) is 0 Å². The van der Waals surface area contributed by atoms with E-state index in [0.29, 0.717) is 0 Å². The molecule has 0 aromatic heterocycles. The molecule has 0 nitrogen and oxygen atoms in total. The van der Waals surface area contributed by atoms with E-state index in [0.717, 1.165) is 19.1 Å². The normalized spacial score (nSPS) is 16.6. The van der Waals surface area contributed by atoms with Gasteiger partial charge in [-0.3, -0.25) is 0 Å². The molecule has 1 radical (unpaired) electrons. The summed E-state index contributed by atoms with van der Waals surface area (Å²) < 4.78 is 34.7. The Kier molecular flexibility index (Phi) is 2.74. The van der Waals surface area contributed by atoms with Gasteiger partial charge in [-0.15, -0.1) is 0 Å². The molecule has 0 spiro atoms. The summed E-state index contributed by atoms with van der Waals surface area (Å²) in [6, 6.07) is 0. The van der Waals surface area contributed by atoms with E-state index in [1.807, 2.05) is 0 Å².